The van der Waals surface area contributed by atoms with E-state index in [4.69, 9.17) is 14.7 Å². The average molecular weight is 540 g/mol. The third-order valence-corrected chi connectivity index (χ3v) is 10.2. The minimum absolute atomic E-state index is 0.200. The monoisotopic (exact) mass is 539 g/mol. The molecule has 40 heavy (non-hydrogen) atoms. The van der Waals surface area contributed by atoms with Gasteiger partial charge in [-0.2, -0.15) is 9.97 Å². The molecule has 212 valence electrons. The smallest absolute Gasteiger partial charge is 0.318 e. The van der Waals surface area contributed by atoms with Crippen molar-refractivity contribution in [3.05, 3.63) is 53.2 Å². The van der Waals surface area contributed by atoms with Crippen LogP contribution in [0.25, 0.3) is 10.8 Å². The Morgan fingerprint density at radius 1 is 0.800 bits per heavy atom. The molecule has 7 rings (SSSR count). The number of hydrogen-bond donors (Lipinski definition) is 0. The van der Waals surface area contributed by atoms with Crippen molar-refractivity contribution in [1.82, 2.24) is 14.9 Å². The van der Waals surface area contributed by atoms with Gasteiger partial charge in [0, 0.05) is 36.3 Å². The van der Waals surface area contributed by atoms with Gasteiger partial charge in [-0.25, -0.2) is 0 Å². The molecule has 0 aliphatic carbocycles. The van der Waals surface area contributed by atoms with Crippen LogP contribution in [0.4, 0.5) is 11.5 Å². The van der Waals surface area contributed by atoms with Gasteiger partial charge in [0.05, 0.1) is 17.8 Å². The van der Waals surface area contributed by atoms with Crippen LogP contribution in [-0.2, 0) is 19.4 Å². The lowest BCUT2D eigenvalue weighted by Crippen LogP contribution is -2.43. The van der Waals surface area contributed by atoms with Gasteiger partial charge in [0.15, 0.2) is 0 Å². The predicted molar refractivity (Wildman–Crippen MR) is 164 cm³/mol. The van der Waals surface area contributed by atoms with Gasteiger partial charge in [0.2, 0.25) is 0 Å². The summed E-state index contributed by atoms with van der Waals surface area (Å²) in [5.74, 6) is 1.15. The molecule has 5 heterocycles. The molecule has 0 N–H and O–H groups in total. The highest BCUT2D eigenvalue weighted by Gasteiger charge is 2.45. The van der Waals surface area contributed by atoms with Crippen LogP contribution in [0.5, 0.6) is 6.01 Å². The highest BCUT2D eigenvalue weighted by atomic mass is 16.5. The van der Waals surface area contributed by atoms with Crippen molar-refractivity contribution in [3.8, 4) is 6.01 Å². The van der Waals surface area contributed by atoms with E-state index in [-0.39, 0.29) is 5.54 Å². The summed E-state index contributed by atoms with van der Waals surface area (Å²) in [5, 5.41) is 2.72. The third kappa shape index (κ3) is 4.82. The summed E-state index contributed by atoms with van der Waals surface area (Å²) in [4.78, 5) is 18.1. The van der Waals surface area contributed by atoms with Crippen molar-refractivity contribution in [2.24, 2.45) is 0 Å². The Bertz CT molecular complexity index is 1330. The van der Waals surface area contributed by atoms with Crippen LogP contribution in [0.1, 0.15) is 81.5 Å². The topological polar surface area (TPSA) is 44.7 Å². The van der Waals surface area contributed by atoms with E-state index in [0.29, 0.717) is 6.01 Å². The summed E-state index contributed by atoms with van der Waals surface area (Å²) >= 11 is 0. The van der Waals surface area contributed by atoms with Crippen LogP contribution in [0.2, 0.25) is 0 Å². The molecule has 0 amide bonds. The fourth-order valence-corrected chi connectivity index (χ4v) is 8.00. The quantitative estimate of drug-likeness (QED) is 0.355. The fraction of sp³-hybridized carbons (Fsp3) is 0.588. The van der Waals surface area contributed by atoms with Gasteiger partial charge in [-0.15, -0.1) is 0 Å². The molecule has 6 heteroatoms. The van der Waals surface area contributed by atoms with E-state index in [0.717, 1.165) is 57.1 Å². The van der Waals surface area contributed by atoms with Gasteiger partial charge in [-0.1, -0.05) is 56.5 Å². The SMILES string of the molecule is CCc1cccc2cccc(N3CCc4c(nc(OCC56CCCN5CCC6)nc4N4CCCCCCC4)C3)c12. The standard InChI is InChI=1S/C34H45N5O/c1-2-26-12-8-13-27-14-9-15-30(31(26)27)38-23-16-28-29(24-38)35-33(36-32(28)37-19-6-4-3-5-7-20-37)40-25-34-17-10-21-39(34)22-11-18-34/h8-9,12-15H,2-7,10-11,16-25H2,1H3. The molecule has 6 nitrogen and oxygen atoms in total. The van der Waals surface area contributed by atoms with E-state index in [9.17, 15) is 0 Å². The number of nitrogens with zero attached hydrogens (tertiary/aromatic N) is 5. The highest BCUT2D eigenvalue weighted by molar-refractivity contribution is 5.97. The molecule has 3 saturated heterocycles. The maximum atomic E-state index is 6.59. The fourth-order valence-electron chi connectivity index (χ4n) is 8.00. The second-order valence-corrected chi connectivity index (χ2v) is 12.5. The van der Waals surface area contributed by atoms with Crippen molar-refractivity contribution in [1.29, 1.82) is 0 Å². The van der Waals surface area contributed by atoms with Gasteiger partial charge in [-0.05, 0) is 81.5 Å². The number of anilines is 2. The first kappa shape index (κ1) is 26.1. The third-order valence-electron chi connectivity index (χ3n) is 10.2. The first-order valence-electron chi connectivity index (χ1n) is 16.0. The number of aromatic nitrogens is 2. The van der Waals surface area contributed by atoms with Crippen molar-refractivity contribution < 1.29 is 4.74 Å². The maximum Gasteiger partial charge on any atom is 0.318 e. The lowest BCUT2D eigenvalue weighted by Gasteiger charge is -2.35. The lowest BCUT2D eigenvalue weighted by molar-refractivity contribution is 0.107. The van der Waals surface area contributed by atoms with Gasteiger partial charge in [0.25, 0.3) is 0 Å². The first-order chi connectivity index (χ1) is 19.7. The number of ether oxygens (including phenoxy) is 1. The molecule has 2 aromatic carbocycles. The Labute approximate surface area is 239 Å². The molecule has 0 atom stereocenters. The summed E-state index contributed by atoms with van der Waals surface area (Å²) in [6.45, 7) is 9.40. The van der Waals surface area contributed by atoms with E-state index in [2.05, 4.69) is 58.0 Å². The lowest BCUT2D eigenvalue weighted by atomic mass is 9.95. The Kier molecular flexibility index (Phi) is 7.29. The Hall–Kier alpha value is -2.86. The molecule has 0 bridgehead atoms. The average Bonchev–Trinajstić information content (AvgIpc) is 3.55. The Morgan fingerprint density at radius 2 is 1.55 bits per heavy atom. The van der Waals surface area contributed by atoms with Gasteiger partial charge < -0.3 is 14.5 Å². The Morgan fingerprint density at radius 3 is 2.33 bits per heavy atom. The molecule has 0 radical (unpaired) electrons. The van der Waals surface area contributed by atoms with E-state index in [1.165, 1.54) is 98.5 Å². The normalized spacial score (nSPS) is 21.2. The summed E-state index contributed by atoms with van der Waals surface area (Å²) < 4.78 is 6.59. The van der Waals surface area contributed by atoms with E-state index in [1.807, 2.05) is 0 Å². The van der Waals surface area contributed by atoms with Crippen LogP contribution in [0.15, 0.2) is 36.4 Å². The molecule has 3 fully saturated rings. The van der Waals surface area contributed by atoms with Crippen LogP contribution in [-0.4, -0.2) is 59.7 Å². The molecule has 4 aliphatic rings. The molecule has 0 saturated carbocycles. The summed E-state index contributed by atoms with van der Waals surface area (Å²) in [7, 11) is 0. The van der Waals surface area contributed by atoms with Crippen molar-refractivity contribution in [3.63, 3.8) is 0 Å². The highest BCUT2D eigenvalue weighted by Crippen LogP contribution is 2.40. The maximum absolute atomic E-state index is 6.59. The molecular formula is C34H45N5O. The van der Waals surface area contributed by atoms with Crippen LogP contribution < -0.4 is 14.5 Å². The zero-order valence-electron chi connectivity index (χ0n) is 24.3. The van der Waals surface area contributed by atoms with Gasteiger partial charge in [0.1, 0.15) is 12.4 Å². The number of aryl methyl sites for hydroxylation is 1. The number of benzene rings is 2. The predicted octanol–water partition coefficient (Wildman–Crippen LogP) is 6.53. The molecule has 4 aliphatic heterocycles. The Balaban J connectivity index is 1.23. The van der Waals surface area contributed by atoms with E-state index < -0.39 is 0 Å². The zero-order chi connectivity index (χ0) is 26.9. The molecule has 1 aromatic heterocycles. The second-order valence-electron chi connectivity index (χ2n) is 12.5. The second kappa shape index (κ2) is 11.2. The van der Waals surface area contributed by atoms with Crippen molar-refractivity contribution >= 4 is 22.3 Å². The largest absolute Gasteiger partial charge is 0.461 e. The number of hydrogen-bond acceptors (Lipinski definition) is 6. The van der Waals surface area contributed by atoms with E-state index in [1.54, 1.807) is 0 Å². The van der Waals surface area contributed by atoms with Crippen molar-refractivity contribution in [2.75, 3.05) is 49.1 Å². The summed E-state index contributed by atoms with van der Waals surface area (Å²) in [6.07, 6.45) is 13.6. The number of rotatable bonds is 6. The molecule has 0 spiro atoms. The molecule has 0 unspecified atom stereocenters. The minimum atomic E-state index is 0.200. The summed E-state index contributed by atoms with van der Waals surface area (Å²) in [6, 6.07) is 14.1. The van der Waals surface area contributed by atoms with Gasteiger partial charge in [-0.3, -0.25) is 4.90 Å². The zero-order valence-corrected chi connectivity index (χ0v) is 24.3. The first-order valence-corrected chi connectivity index (χ1v) is 16.0. The van der Waals surface area contributed by atoms with Crippen LogP contribution >= 0.6 is 0 Å². The minimum Gasteiger partial charge on any atom is -0.461 e. The van der Waals surface area contributed by atoms with Gasteiger partial charge >= 0.3 is 6.01 Å². The van der Waals surface area contributed by atoms with Crippen LogP contribution in [0, 0.1) is 0 Å². The molecule has 3 aromatic rings. The molecular weight excluding hydrogens is 494 g/mol. The van der Waals surface area contributed by atoms with Crippen molar-refractivity contribution in [2.45, 2.75) is 89.6 Å². The van der Waals surface area contributed by atoms with E-state index >= 15 is 0 Å². The number of fused-ring (bicyclic) bond motifs is 3. The van der Waals surface area contributed by atoms with Crippen LogP contribution in [0.3, 0.4) is 0 Å². The summed E-state index contributed by atoms with van der Waals surface area (Å²) in [5.41, 5.74) is 5.46.